The van der Waals surface area contributed by atoms with Gasteiger partial charge in [-0.2, -0.15) is 4.58 Å². The molecule has 0 radical (unpaired) electrons. The molecule has 0 aliphatic carbocycles. The summed E-state index contributed by atoms with van der Waals surface area (Å²) in [5.41, 5.74) is 7.68. The lowest BCUT2D eigenvalue weighted by Gasteiger charge is -2.07. The molecular weight excluding hydrogens is 583 g/mol. The molecule has 0 fully saturated rings. The number of nitrogens with zero attached hydrogens (tertiary/aromatic N) is 2. The molecule has 1 aromatic heterocycles. The summed E-state index contributed by atoms with van der Waals surface area (Å²) in [4.78, 5) is 0. The minimum absolute atomic E-state index is 0.829. The van der Waals surface area contributed by atoms with E-state index in [1.807, 2.05) is 0 Å². The lowest BCUT2D eigenvalue weighted by atomic mass is 10.0. The zero-order valence-corrected chi connectivity index (χ0v) is 24.8. The molecule has 0 bridgehead atoms. The summed E-state index contributed by atoms with van der Waals surface area (Å²) in [5.74, 6) is 0. The van der Waals surface area contributed by atoms with E-state index in [0.29, 0.717) is 0 Å². The number of hydrogen-bond acceptors (Lipinski definition) is 0. The third-order valence-electron chi connectivity index (χ3n) is 8.36. The Morgan fingerprint density at radius 3 is 1.89 bits per heavy atom. The molecule has 0 N–H and O–H groups in total. The van der Waals surface area contributed by atoms with E-state index in [9.17, 15) is 17.3 Å². The van der Waals surface area contributed by atoms with Gasteiger partial charge in [-0.05, 0) is 34.5 Å². The van der Waals surface area contributed by atoms with Crippen LogP contribution in [0.25, 0.3) is 38.5 Å². The van der Waals surface area contributed by atoms with Crippen molar-refractivity contribution < 1.29 is 21.8 Å². The molecule has 1 aliphatic heterocycles. The van der Waals surface area contributed by atoms with Gasteiger partial charge in [0.05, 0.1) is 16.5 Å². The van der Waals surface area contributed by atoms with Gasteiger partial charge in [-0.25, -0.2) is 0 Å². The van der Waals surface area contributed by atoms with E-state index in [-0.39, 0.29) is 0 Å². The van der Waals surface area contributed by atoms with Crippen molar-refractivity contribution in [2.24, 2.45) is 0 Å². The Labute approximate surface area is 263 Å². The van der Waals surface area contributed by atoms with Crippen LogP contribution in [0.15, 0.2) is 146 Å². The summed E-state index contributed by atoms with van der Waals surface area (Å²) < 4.78 is 43.9. The molecule has 7 aromatic rings. The lowest BCUT2D eigenvalue weighted by molar-refractivity contribution is -0.452. The van der Waals surface area contributed by atoms with Crippen molar-refractivity contribution in [2.75, 3.05) is 0 Å². The van der Waals surface area contributed by atoms with Crippen molar-refractivity contribution in [3.05, 3.63) is 168 Å². The molecule has 0 spiro atoms. The van der Waals surface area contributed by atoms with E-state index >= 15 is 0 Å². The fourth-order valence-electron chi connectivity index (χ4n) is 6.53. The zero-order chi connectivity index (χ0) is 31.7. The van der Waals surface area contributed by atoms with Crippen LogP contribution in [0.1, 0.15) is 16.7 Å². The standard InChI is InChI=1S/C39H29N2.BF4/c1-3-12-28(13-4-1)26-40-34(32-20-7-16-30-18-9-24-36(40)38(30)32)22-11-23-35-33-21-8-17-31-19-10-25-37(39(31)33)41(35)27-29-14-5-2-6-15-29;2-1(3,4)5/h1-25H,26-27H2;/q+1;-1. The Morgan fingerprint density at radius 1 is 0.609 bits per heavy atom. The zero-order valence-electron chi connectivity index (χ0n) is 24.8. The molecule has 0 saturated carbocycles. The van der Waals surface area contributed by atoms with Crippen molar-refractivity contribution in [2.45, 2.75) is 13.1 Å². The normalized spacial score (nSPS) is 13.3. The molecule has 1 aliphatic rings. The second-order valence-electron chi connectivity index (χ2n) is 11.3. The third kappa shape index (κ3) is 5.84. The number of allylic oxidation sites excluding steroid dienone is 2. The van der Waals surface area contributed by atoms with E-state index in [2.05, 4.69) is 161 Å². The van der Waals surface area contributed by atoms with Crippen LogP contribution in [0.4, 0.5) is 23.0 Å². The number of rotatable bonds is 6. The molecule has 8 rings (SSSR count). The predicted octanol–water partition coefficient (Wildman–Crippen LogP) is 9.70. The van der Waals surface area contributed by atoms with Crippen LogP contribution in [0.5, 0.6) is 0 Å². The van der Waals surface area contributed by atoms with Gasteiger partial charge in [0.25, 0.3) is 0 Å². The van der Waals surface area contributed by atoms with Gasteiger partial charge in [-0.3, -0.25) is 0 Å². The van der Waals surface area contributed by atoms with Gasteiger partial charge in [0, 0.05) is 40.4 Å². The first-order valence-corrected chi connectivity index (χ1v) is 15.1. The molecule has 0 atom stereocenters. The molecule has 2 nitrogen and oxygen atoms in total. The molecule has 7 heteroatoms. The van der Waals surface area contributed by atoms with Crippen molar-refractivity contribution in [1.82, 2.24) is 4.57 Å². The van der Waals surface area contributed by atoms with Crippen molar-refractivity contribution in [3.63, 3.8) is 0 Å². The molecule has 2 heterocycles. The first kappa shape index (κ1) is 29.3. The SMILES string of the molecule is C(=C\C1=[N+](Cc2ccccc2)c2cccc3cccc1c23)/C=c1\c2cccc3cccc(c32)n1Cc1ccccc1.F[B-](F)(F)F. The molecule has 0 unspecified atom stereocenters. The van der Waals surface area contributed by atoms with Gasteiger partial charge >= 0.3 is 7.25 Å². The third-order valence-corrected chi connectivity index (χ3v) is 8.36. The maximum Gasteiger partial charge on any atom is 0.673 e. The predicted molar refractivity (Wildman–Crippen MR) is 182 cm³/mol. The highest BCUT2D eigenvalue weighted by Gasteiger charge is 2.30. The van der Waals surface area contributed by atoms with Crippen LogP contribution >= 0.6 is 0 Å². The Morgan fingerprint density at radius 2 is 1.20 bits per heavy atom. The monoisotopic (exact) mass is 612 g/mol. The van der Waals surface area contributed by atoms with Crippen LogP contribution in [0, 0.1) is 0 Å². The summed E-state index contributed by atoms with van der Waals surface area (Å²) in [6.07, 6.45) is 6.85. The molecule has 226 valence electrons. The van der Waals surface area contributed by atoms with Crippen LogP contribution in [0.2, 0.25) is 0 Å². The lowest BCUT2D eigenvalue weighted by Crippen LogP contribution is -2.17. The second-order valence-corrected chi connectivity index (χ2v) is 11.3. The van der Waals surface area contributed by atoms with E-state index in [4.69, 9.17) is 0 Å². The van der Waals surface area contributed by atoms with Gasteiger partial charge < -0.3 is 21.8 Å². The minimum atomic E-state index is -6.00. The number of halogens is 4. The molecule has 6 aromatic carbocycles. The van der Waals surface area contributed by atoms with E-state index in [0.717, 1.165) is 13.1 Å². The molecule has 0 saturated heterocycles. The van der Waals surface area contributed by atoms with E-state index < -0.39 is 7.25 Å². The van der Waals surface area contributed by atoms with E-state index in [1.54, 1.807) is 0 Å². The quantitative estimate of drug-likeness (QED) is 0.100. The summed E-state index contributed by atoms with van der Waals surface area (Å²) >= 11 is 0. The topological polar surface area (TPSA) is 7.94 Å². The van der Waals surface area contributed by atoms with Gasteiger partial charge in [-0.1, -0.05) is 121 Å². The maximum atomic E-state index is 9.75. The Bertz CT molecular complexity index is 2290. The van der Waals surface area contributed by atoms with E-state index in [1.165, 1.54) is 65.9 Å². The Balaban J connectivity index is 0.000000630. The highest BCUT2D eigenvalue weighted by molar-refractivity contribution is 6.50. The first-order chi connectivity index (χ1) is 22.3. The Hall–Kier alpha value is -5.43. The molecule has 0 amide bonds. The largest absolute Gasteiger partial charge is 0.673 e. The highest BCUT2D eigenvalue weighted by Crippen LogP contribution is 2.36. The van der Waals surface area contributed by atoms with Gasteiger partial charge in [0.2, 0.25) is 11.4 Å². The second kappa shape index (κ2) is 12.2. The molecular formula is C39H29BF4N2. The average Bonchev–Trinajstić information content (AvgIpc) is 3.52. The van der Waals surface area contributed by atoms with Crippen molar-refractivity contribution in [1.29, 1.82) is 0 Å². The first-order valence-electron chi connectivity index (χ1n) is 15.1. The Kier molecular flexibility index (Phi) is 7.75. The number of hydrogen-bond donors (Lipinski definition) is 0. The van der Waals surface area contributed by atoms with Crippen LogP contribution in [0.3, 0.4) is 0 Å². The van der Waals surface area contributed by atoms with Crippen LogP contribution in [-0.2, 0) is 13.1 Å². The van der Waals surface area contributed by atoms with Crippen molar-refractivity contribution in [3.8, 4) is 0 Å². The summed E-state index contributed by atoms with van der Waals surface area (Å²) in [6, 6.07) is 48.1. The van der Waals surface area contributed by atoms with Crippen molar-refractivity contribution >= 4 is 57.2 Å². The van der Waals surface area contributed by atoms with Crippen LogP contribution in [-0.4, -0.2) is 22.1 Å². The molecule has 46 heavy (non-hydrogen) atoms. The maximum absolute atomic E-state index is 9.75. The summed E-state index contributed by atoms with van der Waals surface area (Å²) in [7, 11) is -6.00. The smallest absolute Gasteiger partial charge is 0.418 e. The number of aromatic nitrogens is 1. The number of benzene rings is 6. The van der Waals surface area contributed by atoms with Gasteiger partial charge in [0.15, 0.2) is 6.54 Å². The fraction of sp³-hybridized carbons (Fsp3) is 0.0513. The van der Waals surface area contributed by atoms with Gasteiger partial charge in [0.1, 0.15) is 0 Å². The minimum Gasteiger partial charge on any atom is -0.418 e. The summed E-state index contributed by atoms with van der Waals surface area (Å²) in [5, 5.41) is 7.77. The summed E-state index contributed by atoms with van der Waals surface area (Å²) in [6.45, 7) is 1.66. The van der Waals surface area contributed by atoms with Gasteiger partial charge in [-0.15, -0.1) is 0 Å². The fourth-order valence-corrected chi connectivity index (χ4v) is 6.53. The average molecular weight is 612 g/mol. The highest BCUT2D eigenvalue weighted by atomic mass is 19.5. The van der Waals surface area contributed by atoms with Crippen LogP contribution < -0.4 is 5.35 Å².